The maximum absolute atomic E-state index is 12.0. The lowest BCUT2D eigenvalue weighted by molar-refractivity contribution is -0.138. The normalized spacial score (nSPS) is 17.8. The summed E-state index contributed by atoms with van der Waals surface area (Å²) in [6.45, 7) is 2.14. The van der Waals surface area contributed by atoms with Crippen molar-refractivity contribution in [3.8, 4) is 0 Å². The number of carbonyl (C=O) groups excluding carboxylic acids is 1. The molecule has 0 heterocycles. The average Bonchev–Trinajstić information content (AvgIpc) is 2.71. The van der Waals surface area contributed by atoms with E-state index in [1.807, 2.05) is 0 Å². The van der Waals surface area contributed by atoms with Gasteiger partial charge in [0.05, 0.1) is 6.61 Å². The lowest BCUT2D eigenvalue weighted by Crippen LogP contribution is -2.48. The van der Waals surface area contributed by atoms with E-state index in [-0.39, 0.29) is 13.2 Å². The summed E-state index contributed by atoms with van der Waals surface area (Å²) >= 11 is 0. The molecule has 0 aromatic carbocycles. The third-order valence-electron chi connectivity index (χ3n) is 4.15. The molecule has 0 spiro atoms. The highest BCUT2D eigenvalue weighted by Crippen LogP contribution is 2.25. The SMILES string of the molecule is C[C@H](NC(=O)N(CCO)CCC1CCCCCC1)C(=O)O. The summed E-state index contributed by atoms with van der Waals surface area (Å²) in [6.07, 6.45) is 8.45. The quantitative estimate of drug-likeness (QED) is 0.626. The summed E-state index contributed by atoms with van der Waals surface area (Å²) in [7, 11) is 0. The van der Waals surface area contributed by atoms with E-state index in [1.54, 1.807) is 0 Å². The number of rotatable bonds is 7. The predicted octanol–water partition coefficient (Wildman–Crippen LogP) is 1.82. The van der Waals surface area contributed by atoms with Crippen molar-refractivity contribution in [2.75, 3.05) is 19.7 Å². The Bertz CT molecular complexity index is 328. The van der Waals surface area contributed by atoms with Gasteiger partial charge >= 0.3 is 12.0 Å². The highest BCUT2D eigenvalue weighted by atomic mass is 16.4. The minimum Gasteiger partial charge on any atom is -0.480 e. The van der Waals surface area contributed by atoms with Gasteiger partial charge in [0.25, 0.3) is 0 Å². The Kier molecular flexibility index (Phi) is 8.12. The molecule has 0 aromatic rings. The Labute approximate surface area is 126 Å². The Balaban J connectivity index is 2.43. The molecule has 3 N–H and O–H groups in total. The lowest BCUT2D eigenvalue weighted by Gasteiger charge is -2.25. The van der Waals surface area contributed by atoms with E-state index in [0.717, 1.165) is 6.42 Å². The van der Waals surface area contributed by atoms with Crippen molar-refractivity contribution in [3.63, 3.8) is 0 Å². The van der Waals surface area contributed by atoms with Gasteiger partial charge in [-0.05, 0) is 19.3 Å². The molecule has 122 valence electrons. The van der Waals surface area contributed by atoms with Crippen LogP contribution in [-0.2, 0) is 4.79 Å². The summed E-state index contributed by atoms with van der Waals surface area (Å²) in [5.41, 5.74) is 0. The number of aliphatic hydroxyl groups excluding tert-OH is 1. The Morgan fingerprint density at radius 2 is 1.81 bits per heavy atom. The molecule has 0 aliphatic heterocycles. The summed E-state index contributed by atoms with van der Waals surface area (Å²) in [5, 5.41) is 20.3. The zero-order valence-corrected chi connectivity index (χ0v) is 12.9. The molecule has 6 heteroatoms. The summed E-state index contributed by atoms with van der Waals surface area (Å²) in [4.78, 5) is 24.3. The van der Waals surface area contributed by atoms with E-state index in [2.05, 4.69) is 5.32 Å². The number of amides is 2. The van der Waals surface area contributed by atoms with Gasteiger partial charge in [-0.2, -0.15) is 0 Å². The number of nitrogens with zero attached hydrogens (tertiary/aromatic N) is 1. The van der Waals surface area contributed by atoms with E-state index in [9.17, 15) is 9.59 Å². The fourth-order valence-electron chi connectivity index (χ4n) is 2.76. The molecular formula is C15H28N2O4. The highest BCUT2D eigenvalue weighted by molar-refractivity contribution is 5.82. The minimum absolute atomic E-state index is 0.112. The van der Waals surface area contributed by atoms with Gasteiger partial charge < -0.3 is 20.4 Å². The van der Waals surface area contributed by atoms with Crippen LogP contribution < -0.4 is 5.32 Å². The van der Waals surface area contributed by atoms with Gasteiger partial charge in [-0.15, -0.1) is 0 Å². The van der Waals surface area contributed by atoms with E-state index in [1.165, 1.54) is 50.3 Å². The Morgan fingerprint density at radius 1 is 1.19 bits per heavy atom. The van der Waals surface area contributed by atoms with Crippen LogP contribution in [0.2, 0.25) is 0 Å². The van der Waals surface area contributed by atoms with Crippen molar-refractivity contribution in [1.82, 2.24) is 10.2 Å². The third kappa shape index (κ3) is 6.80. The van der Waals surface area contributed by atoms with Crippen molar-refractivity contribution in [2.45, 2.75) is 57.9 Å². The van der Waals surface area contributed by atoms with Gasteiger partial charge in [0.15, 0.2) is 0 Å². The molecule has 21 heavy (non-hydrogen) atoms. The number of carboxylic acids is 1. The first-order chi connectivity index (χ1) is 10.0. The van der Waals surface area contributed by atoms with Crippen LogP contribution in [0.5, 0.6) is 0 Å². The number of aliphatic hydroxyl groups is 1. The van der Waals surface area contributed by atoms with Gasteiger partial charge in [-0.1, -0.05) is 38.5 Å². The number of urea groups is 1. The standard InChI is InChI=1S/C15H28N2O4/c1-12(14(19)20)16-15(21)17(10-11-18)9-8-13-6-4-2-3-5-7-13/h12-13,18H,2-11H2,1H3,(H,16,21)(H,19,20)/t12-/m0/s1. The summed E-state index contributed by atoms with van der Waals surface area (Å²) in [6, 6.07) is -1.33. The largest absolute Gasteiger partial charge is 0.480 e. The maximum Gasteiger partial charge on any atom is 0.325 e. The number of nitrogens with one attached hydrogen (secondary N) is 1. The van der Waals surface area contributed by atoms with Crippen molar-refractivity contribution in [3.05, 3.63) is 0 Å². The third-order valence-corrected chi connectivity index (χ3v) is 4.15. The Hall–Kier alpha value is -1.30. The predicted molar refractivity (Wildman–Crippen MR) is 80.1 cm³/mol. The van der Waals surface area contributed by atoms with E-state index in [0.29, 0.717) is 12.5 Å². The van der Waals surface area contributed by atoms with Crippen molar-refractivity contribution in [1.29, 1.82) is 0 Å². The number of hydrogen-bond donors (Lipinski definition) is 3. The molecule has 1 rings (SSSR count). The molecule has 0 radical (unpaired) electrons. The molecular weight excluding hydrogens is 272 g/mol. The van der Waals surface area contributed by atoms with Crippen molar-refractivity contribution < 1.29 is 19.8 Å². The zero-order valence-electron chi connectivity index (χ0n) is 12.9. The number of carboxylic acid groups (broad SMARTS) is 1. The molecule has 2 amide bonds. The first-order valence-corrected chi connectivity index (χ1v) is 7.93. The van der Waals surface area contributed by atoms with E-state index in [4.69, 9.17) is 10.2 Å². The molecule has 6 nitrogen and oxygen atoms in total. The average molecular weight is 300 g/mol. The van der Waals surface area contributed by atoms with Crippen molar-refractivity contribution in [2.24, 2.45) is 5.92 Å². The number of hydrogen-bond acceptors (Lipinski definition) is 3. The summed E-state index contributed by atoms with van der Waals surface area (Å²) in [5.74, 6) is -0.422. The Morgan fingerprint density at radius 3 is 2.33 bits per heavy atom. The van der Waals surface area contributed by atoms with Gasteiger partial charge in [-0.3, -0.25) is 4.79 Å². The van der Waals surface area contributed by atoms with Gasteiger partial charge in [0, 0.05) is 13.1 Å². The lowest BCUT2D eigenvalue weighted by atomic mass is 9.96. The second-order valence-electron chi connectivity index (χ2n) is 5.87. The van der Waals surface area contributed by atoms with Gasteiger partial charge in [0.1, 0.15) is 6.04 Å². The van der Waals surface area contributed by atoms with Crippen molar-refractivity contribution >= 4 is 12.0 Å². The monoisotopic (exact) mass is 300 g/mol. The molecule has 1 aliphatic rings. The van der Waals surface area contributed by atoms with Crippen LogP contribution in [0.3, 0.4) is 0 Å². The zero-order chi connectivity index (χ0) is 15.7. The molecule has 0 unspecified atom stereocenters. The first kappa shape index (κ1) is 17.8. The second kappa shape index (κ2) is 9.60. The molecule has 1 aliphatic carbocycles. The molecule has 0 bridgehead atoms. The van der Waals surface area contributed by atoms with Crippen LogP contribution in [0.1, 0.15) is 51.9 Å². The molecule has 1 atom stereocenters. The number of aliphatic carboxylic acids is 1. The fraction of sp³-hybridized carbons (Fsp3) is 0.867. The van der Waals surface area contributed by atoms with E-state index < -0.39 is 18.0 Å². The summed E-state index contributed by atoms with van der Waals surface area (Å²) < 4.78 is 0. The van der Waals surface area contributed by atoms with Gasteiger partial charge in [-0.25, -0.2) is 4.79 Å². The van der Waals surface area contributed by atoms with Crippen LogP contribution in [0.15, 0.2) is 0 Å². The van der Waals surface area contributed by atoms with Crippen LogP contribution in [0, 0.1) is 5.92 Å². The molecule has 1 fully saturated rings. The second-order valence-corrected chi connectivity index (χ2v) is 5.87. The van der Waals surface area contributed by atoms with Crippen LogP contribution in [0.4, 0.5) is 4.79 Å². The van der Waals surface area contributed by atoms with Crippen LogP contribution in [0.25, 0.3) is 0 Å². The molecule has 0 aromatic heterocycles. The van der Waals surface area contributed by atoms with Crippen LogP contribution in [-0.4, -0.2) is 52.9 Å². The fourth-order valence-corrected chi connectivity index (χ4v) is 2.76. The maximum atomic E-state index is 12.0. The smallest absolute Gasteiger partial charge is 0.325 e. The molecule has 0 saturated heterocycles. The van der Waals surface area contributed by atoms with Crippen LogP contribution >= 0.6 is 0 Å². The highest BCUT2D eigenvalue weighted by Gasteiger charge is 2.20. The van der Waals surface area contributed by atoms with Gasteiger partial charge in [0.2, 0.25) is 0 Å². The number of carbonyl (C=O) groups is 2. The van der Waals surface area contributed by atoms with E-state index >= 15 is 0 Å². The minimum atomic E-state index is -1.06. The topological polar surface area (TPSA) is 89.9 Å². The first-order valence-electron chi connectivity index (χ1n) is 7.93. The molecule has 1 saturated carbocycles.